The molecule has 2 aliphatic rings. The van der Waals surface area contributed by atoms with Crippen molar-refractivity contribution in [3.8, 4) is 5.75 Å². The lowest BCUT2D eigenvalue weighted by Gasteiger charge is -2.39. The maximum atomic E-state index is 11.8. The molecule has 2 saturated heterocycles. The number of ether oxygens (including phenoxy) is 1. The highest BCUT2D eigenvalue weighted by atomic mass is 16.5. The summed E-state index contributed by atoms with van der Waals surface area (Å²) in [5, 5.41) is 0. The third-order valence-corrected chi connectivity index (χ3v) is 5.50. The van der Waals surface area contributed by atoms with Gasteiger partial charge in [-0.1, -0.05) is 6.07 Å². The van der Waals surface area contributed by atoms with Gasteiger partial charge in [0.15, 0.2) is 0 Å². The van der Waals surface area contributed by atoms with Gasteiger partial charge in [0.1, 0.15) is 11.5 Å². The van der Waals surface area contributed by atoms with Crippen LogP contribution in [0, 0.1) is 13.8 Å². The second-order valence-electron chi connectivity index (χ2n) is 6.56. The lowest BCUT2D eigenvalue weighted by Crippen LogP contribution is -2.44. The first kappa shape index (κ1) is 14.6. The van der Waals surface area contributed by atoms with Crippen molar-refractivity contribution < 1.29 is 9.53 Å². The Morgan fingerprint density at radius 3 is 2.33 bits per heavy atom. The molecule has 2 aliphatic heterocycles. The lowest BCUT2D eigenvalue weighted by atomic mass is 9.92. The van der Waals surface area contributed by atoms with Crippen molar-refractivity contribution in [2.24, 2.45) is 0 Å². The molecule has 1 aromatic carbocycles. The first-order valence-corrected chi connectivity index (χ1v) is 7.96. The van der Waals surface area contributed by atoms with Gasteiger partial charge in [0.25, 0.3) is 0 Å². The van der Waals surface area contributed by atoms with Crippen LogP contribution in [0.5, 0.6) is 5.75 Å². The van der Waals surface area contributed by atoms with Gasteiger partial charge >= 0.3 is 0 Å². The molecule has 3 nitrogen and oxygen atoms in total. The van der Waals surface area contributed by atoms with Crippen LogP contribution < -0.4 is 4.74 Å². The van der Waals surface area contributed by atoms with Gasteiger partial charge in [-0.05, 0) is 56.4 Å². The summed E-state index contributed by atoms with van der Waals surface area (Å²) in [6.45, 7) is 6.59. The number of methoxy groups -OCH3 is 1. The van der Waals surface area contributed by atoms with Crippen LogP contribution in [0.15, 0.2) is 12.1 Å². The number of fused-ring (bicyclic) bond motifs is 2. The zero-order valence-electron chi connectivity index (χ0n) is 13.5. The molecule has 0 aliphatic carbocycles. The fraction of sp³-hybridized carbons (Fsp3) is 0.611. The van der Waals surface area contributed by atoms with Crippen LogP contribution in [0.3, 0.4) is 0 Å². The van der Waals surface area contributed by atoms with Crippen molar-refractivity contribution in [2.45, 2.75) is 64.6 Å². The molecule has 3 atom stereocenters. The van der Waals surface area contributed by atoms with Gasteiger partial charge in [0.05, 0.1) is 7.11 Å². The van der Waals surface area contributed by atoms with E-state index >= 15 is 0 Å². The predicted octanol–water partition coefficient (Wildman–Crippen LogP) is 3.57. The van der Waals surface area contributed by atoms with Gasteiger partial charge in [0.2, 0.25) is 0 Å². The van der Waals surface area contributed by atoms with Crippen molar-refractivity contribution >= 4 is 5.78 Å². The molecule has 2 bridgehead atoms. The molecule has 3 rings (SSSR count). The number of carbonyl (C=O) groups excluding carboxylic acids is 1. The molecule has 0 N–H and O–H groups in total. The minimum atomic E-state index is 0.375. The molecule has 114 valence electrons. The zero-order chi connectivity index (χ0) is 15.1. The van der Waals surface area contributed by atoms with E-state index in [0.717, 1.165) is 18.6 Å². The smallest absolute Gasteiger partial charge is 0.136 e. The van der Waals surface area contributed by atoms with Crippen molar-refractivity contribution in [1.29, 1.82) is 0 Å². The maximum absolute atomic E-state index is 11.8. The molecule has 0 aromatic heterocycles. The first-order valence-electron chi connectivity index (χ1n) is 7.96. The van der Waals surface area contributed by atoms with Crippen LogP contribution in [-0.4, -0.2) is 29.9 Å². The Kier molecular flexibility index (Phi) is 3.78. The fourth-order valence-corrected chi connectivity index (χ4v) is 4.29. The van der Waals surface area contributed by atoms with Gasteiger partial charge in [-0.15, -0.1) is 0 Å². The Morgan fingerprint density at radius 2 is 1.76 bits per heavy atom. The molecule has 0 spiro atoms. The van der Waals surface area contributed by atoms with Crippen LogP contribution in [0.25, 0.3) is 0 Å². The Balaban J connectivity index is 1.91. The van der Waals surface area contributed by atoms with Crippen molar-refractivity contribution in [2.75, 3.05) is 7.11 Å². The summed E-state index contributed by atoms with van der Waals surface area (Å²) in [7, 11) is 1.72. The van der Waals surface area contributed by atoms with Crippen molar-refractivity contribution in [3.05, 3.63) is 28.8 Å². The zero-order valence-corrected chi connectivity index (χ0v) is 13.5. The number of benzene rings is 1. The number of Topliss-reactive ketones (excluding diaryl/α,β-unsaturated/α-hetero) is 1. The predicted molar refractivity (Wildman–Crippen MR) is 83.8 cm³/mol. The van der Waals surface area contributed by atoms with Crippen molar-refractivity contribution in [1.82, 2.24) is 4.90 Å². The lowest BCUT2D eigenvalue weighted by molar-refractivity contribution is -0.124. The molecular weight excluding hydrogens is 262 g/mol. The largest absolute Gasteiger partial charge is 0.496 e. The first-order chi connectivity index (χ1) is 10.0. The highest BCUT2D eigenvalue weighted by Gasteiger charge is 2.42. The highest BCUT2D eigenvalue weighted by molar-refractivity contribution is 5.81. The fourth-order valence-electron chi connectivity index (χ4n) is 4.29. The summed E-state index contributed by atoms with van der Waals surface area (Å²) in [5.41, 5.74) is 3.92. The van der Waals surface area contributed by atoms with Crippen LogP contribution >= 0.6 is 0 Å². The number of hydrogen-bond acceptors (Lipinski definition) is 3. The number of nitrogens with zero attached hydrogens (tertiary/aromatic N) is 1. The molecule has 0 radical (unpaired) electrons. The van der Waals surface area contributed by atoms with Gasteiger partial charge in [-0.2, -0.15) is 0 Å². The van der Waals surface area contributed by atoms with Crippen LogP contribution in [0.1, 0.15) is 55.3 Å². The number of carbonyl (C=O) groups is 1. The summed E-state index contributed by atoms with van der Waals surface area (Å²) in [4.78, 5) is 14.4. The maximum Gasteiger partial charge on any atom is 0.136 e. The van der Waals surface area contributed by atoms with Gasteiger partial charge in [-0.3, -0.25) is 9.69 Å². The van der Waals surface area contributed by atoms with E-state index in [1.807, 2.05) is 0 Å². The van der Waals surface area contributed by atoms with E-state index in [9.17, 15) is 4.79 Å². The molecule has 3 heteroatoms. The number of piperidine rings is 1. The van der Waals surface area contributed by atoms with Crippen LogP contribution in [0.2, 0.25) is 0 Å². The molecule has 0 amide bonds. The summed E-state index contributed by atoms with van der Waals surface area (Å²) in [6.07, 6.45) is 3.84. The topological polar surface area (TPSA) is 29.5 Å². The Morgan fingerprint density at radius 1 is 1.14 bits per heavy atom. The Bertz CT molecular complexity index is 551. The Hall–Kier alpha value is -1.35. The van der Waals surface area contributed by atoms with E-state index in [4.69, 9.17) is 4.74 Å². The molecule has 2 fully saturated rings. The summed E-state index contributed by atoms with van der Waals surface area (Å²) in [6, 6.07) is 5.55. The molecule has 0 saturated carbocycles. The normalized spacial score (nSPS) is 27.0. The number of hydrogen-bond donors (Lipinski definition) is 0. The van der Waals surface area contributed by atoms with E-state index in [1.54, 1.807) is 7.11 Å². The average Bonchev–Trinajstić information content (AvgIpc) is 2.73. The van der Waals surface area contributed by atoms with Crippen LogP contribution in [0.4, 0.5) is 0 Å². The molecule has 1 aromatic rings. The second kappa shape index (κ2) is 5.45. The van der Waals surface area contributed by atoms with Gasteiger partial charge in [0, 0.05) is 31.0 Å². The summed E-state index contributed by atoms with van der Waals surface area (Å²) >= 11 is 0. The summed E-state index contributed by atoms with van der Waals surface area (Å²) < 4.78 is 5.42. The number of rotatable bonds is 3. The third kappa shape index (κ3) is 2.38. The second-order valence-corrected chi connectivity index (χ2v) is 6.56. The standard InChI is InChI=1S/C18H25NO2/c1-11-12(2)18(21-4)8-7-17(11)13(3)19-14-5-6-15(19)10-16(20)9-14/h7-8,13-15H,5-6,9-10H2,1-4H3. The quantitative estimate of drug-likeness (QED) is 0.851. The van der Waals surface area contributed by atoms with E-state index in [2.05, 4.69) is 37.8 Å². The summed E-state index contributed by atoms with van der Waals surface area (Å²) in [5.74, 6) is 1.41. The van der Waals surface area contributed by atoms with E-state index in [1.165, 1.54) is 29.5 Å². The highest BCUT2D eigenvalue weighted by Crippen LogP contribution is 2.41. The SMILES string of the molecule is COc1ccc(C(C)N2C3CCC2CC(=O)C3)c(C)c1C. The third-order valence-electron chi connectivity index (χ3n) is 5.50. The van der Waals surface area contributed by atoms with Crippen LogP contribution in [-0.2, 0) is 4.79 Å². The van der Waals surface area contributed by atoms with Gasteiger partial charge in [-0.25, -0.2) is 0 Å². The molecule has 3 unspecified atom stereocenters. The monoisotopic (exact) mass is 287 g/mol. The van der Waals surface area contributed by atoms with Crippen molar-refractivity contribution in [3.63, 3.8) is 0 Å². The van der Waals surface area contributed by atoms with E-state index < -0.39 is 0 Å². The molecule has 21 heavy (non-hydrogen) atoms. The minimum Gasteiger partial charge on any atom is -0.496 e. The average molecular weight is 287 g/mol. The number of ketones is 1. The minimum absolute atomic E-state index is 0.375. The van der Waals surface area contributed by atoms with E-state index in [-0.39, 0.29) is 0 Å². The Labute approximate surface area is 127 Å². The van der Waals surface area contributed by atoms with Gasteiger partial charge < -0.3 is 4.74 Å². The molecule has 2 heterocycles. The molecular formula is C18H25NO2. The van der Waals surface area contributed by atoms with E-state index in [0.29, 0.717) is 23.9 Å².